The van der Waals surface area contributed by atoms with Crippen molar-refractivity contribution >= 4 is 33.0 Å². The van der Waals surface area contributed by atoms with Gasteiger partial charge in [-0.25, -0.2) is 4.98 Å². The van der Waals surface area contributed by atoms with Crippen LogP contribution in [0.25, 0.3) is 11.1 Å². The average molecular weight is 282 g/mol. The van der Waals surface area contributed by atoms with Crippen molar-refractivity contribution in [1.82, 2.24) is 4.98 Å². The predicted molar refractivity (Wildman–Crippen MR) is 60.2 cm³/mol. The number of aliphatic carboxylic acids is 1. The first-order chi connectivity index (χ1) is 7.65. The van der Waals surface area contributed by atoms with Gasteiger partial charge in [-0.15, -0.1) is 0 Å². The maximum Gasteiger partial charge on any atom is 0.307 e. The van der Waals surface area contributed by atoms with Crippen molar-refractivity contribution in [1.29, 1.82) is 0 Å². The molecule has 2 atom stereocenters. The van der Waals surface area contributed by atoms with E-state index < -0.39 is 5.97 Å². The van der Waals surface area contributed by atoms with Crippen LogP contribution >= 0.6 is 15.9 Å². The van der Waals surface area contributed by atoms with E-state index in [1.807, 2.05) is 18.2 Å². The highest BCUT2D eigenvalue weighted by Gasteiger charge is 2.47. The van der Waals surface area contributed by atoms with Crippen molar-refractivity contribution in [3.8, 4) is 0 Å². The highest BCUT2D eigenvalue weighted by atomic mass is 79.9. The first-order valence-corrected chi connectivity index (χ1v) is 5.73. The largest absolute Gasteiger partial charge is 0.481 e. The Bertz CT molecular complexity index is 578. The Kier molecular flexibility index (Phi) is 2.04. The van der Waals surface area contributed by atoms with Gasteiger partial charge in [0.25, 0.3) is 0 Å². The molecule has 1 N–H and O–H groups in total. The Morgan fingerprint density at radius 1 is 1.56 bits per heavy atom. The van der Waals surface area contributed by atoms with Crippen LogP contribution < -0.4 is 0 Å². The summed E-state index contributed by atoms with van der Waals surface area (Å²) in [5, 5.41) is 8.83. The van der Waals surface area contributed by atoms with Crippen LogP contribution in [0.1, 0.15) is 18.2 Å². The van der Waals surface area contributed by atoms with Crippen LogP contribution in [0, 0.1) is 5.92 Å². The van der Waals surface area contributed by atoms with Crippen molar-refractivity contribution in [2.24, 2.45) is 5.92 Å². The second-order valence-electron chi connectivity index (χ2n) is 3.95. The Labute approximate surface area is 99.4 Å². The second-order valence-corrected chi connectivity index (χ2v) is 4.87. The zero-order valence-electron chi connectivity index (χ0n) is 8.18. The zero-order valence-corrected chi connectivity index (χ0v) is 9.77. The number of rotatable bonds is 2. The van der Waals surface area contributed by atoms with E-state index in [9.17, 15) is 4.79 Å². The second kappa shape index (κ2) is 3.31. The molecule has 0 spiro atoms. The fourth-order valence-electron chi connectivity index (χ4n) is 1.82. The van der Waals surface area contributed by atoms with Gasteiger partial charge in [0.1, 0.15) is 5.52 Å². The number of carboxylic acid groups (broad SMARTS) is 1. The minimum atomic E-state index is -0.770. The van der Waals surface area contributed by atoms with Crippen molar-refractivity contribution in [3.05, 3.63) is 28.6 Å². The molecule has 1 fully saturated rings. The van der Waals surface area contributed by atoms with Crippen LogP contribution in [0.15, 0.2) is 27.1 Å². The lowest BCUT2D eigenvalue weighted by Crippen LogP contribution is -1.98. The molecule has 1 heterocycles. The van der Waals surface area contributed by atoms with E-state index in [1.165, 1.54) is 0 Å². The Hall–Kier alpha value is -1.36. The van der Waals surface area contributed by atoms with E-state index in [-0.39, 0.29) is 11.8 Å². The van der Waals surface area contributed by atoms with E-state index in [0.29, 0.717) is 17.9 Å². The third-order valence-corrected chi connectivity index (χ3v) is 3.28. The lowest BCUT2D eigenvalue weighted by Gasteiger charge is -1.88. The van der Waals surface area contributed by atoms with Gasteiger partial charge >= 0.3 is 5.97 Å². The predicted octanol–water partition coefficient (Wildman–Crippen LogP) is 2.78. The summed E-state index contributed by atoms with van der Waals surface area (Å²) in [6.07, 6.45) is 0.628. The molecule has 1 aliphatic carbocycles. The fraction of sp³-hybridized carbons (Fsp3) is 0.273. The molecule has 82 valence electrons. The lowest BCUT2D eigenvalue weighted by molar-refractivity contribution is -0.138. The normalized spacial score (nSPS) is 23.6. The molecule has 1 saturated carbocycles. The highest BCUT2D eigenvalue weighted by molar-refractivity contribution is 9.10. The summed E-state index contributed by atoms with van der Waals surface area (Å²) < 4.78 is 6.47. The molecule has 16 heavy (non-hydrogen) atoms. The SMILES string of the molecule is O=C(O)C1CC1c1nc2cc(Br)ccc2o1. The molecule has 1 aliphatic rings. The zero-order chi connectivity index (χ0) is 11.3. The number of halogens is 1. The molecule has 0 saturated heterocycles. The Balaban J connectivity index is 1.98. The molecule has 2 aromatic rings. The van der Waals surface area contributed by atoms with Crippen LogP contribution in [-0.2, 0) is 4.79 Å². The summed E-state index contributed by atoms with van der Waals surface area (Å²) in [5.74, 6) is -0.603. The number of fused-ring (bicyclic) bond motifs is 1. The third-order valence-electron chi connectivity index (χ3n) is 2.79. The maximum atomic E-state index is 10.7. The molecule has 0 aliphatic heterocycles. The summed E-state index contributed by atoms with van der Waals surface area (Å²) in [6, 6.07) is 5.56. The number of benzene rings is 1. The van der Waals surface area contributed by atoms with E-state index >= 15 is 0 Å². The number of carboxylic acids is 1. The van der Waals surface area contributed by atoms with Gasteiger partial charge in [-0.1, -0.05) is 15.9 Å². The lowest BCUT2D eigenvalue weighted by atomic mass is 10.3. The Morgan fingerprint density at radius 2 is 2.38 bits per heavy atom. The first kappa shape index (κ1) is 9.84. The van der Waals surface area contributed by atoms with Gasteiger partial charge in [0.05, 0.1) is 5.92 Å². The van der Waals surface area contributed by atoms with Gasteiger partial charge < -0.3 is 9.52 Å². The number of hydrogen-bond donors (Lipinski definition) is 1. The molecular formula is C11H8BrNO3. The third kappa shape index (κ3) is 1.51. The van der Waals surface area contributed by atoms with Crippen LogP contribution in [0.2, 0.25) is 0 Å². The van der Waals surface area contributed by atoms with Gasteiger partial charge in [-0.2, -0.15) is 0 Å². The first-order valence-electron chi connectivity index (χ1n) is 4.94. The number of aromatic nitrogens is 1. The summed E-state index contributed by atoms with van der Waals surface area (Å²) in [7, 11) is 0. The highest BCUT2D eigenvalue weighted by Crippen LogP contribution is 2.47. The van der Waals surface area contributed by atoms with Crippen molar-refractivity contribution in [3.63, 3.8) is 0 Å². The van der Waals surface area contributed by atoms with E-state index in [0.717, 1.165) is 9.99 Å². The minimum absolute atomic E-state index is 0.0522. The molecule has 4 nitrogen and oxygen atoms in total. The molecule has 1 aromatic heterocycles. The average Bonchev–Trinajstić information content (AvgIpc) is 2.93. The Morgan fingerprint density at radius 3 is 3.06 bits per heavy atom. The topological polar surface area (TPSA) is 63.3 Å². The number of nitrogens with zero attached hydrogens (tertiary/aromatic N) is 1. The van der Waals surface area contributed by atoms with Crippen LogP contribution in [0.3, 0.4) is 0 Å². The molecule has 3 rings (SSSR count). The number of oxazole rings is 1. The van der Waals surface area contributed by atoms with Gasteiger partial charge in [-0.05, 0) is 24.6 Å². The van der Waals surface area contributed by atoms with Crippen molar-refractivity contribution in [2.45, 2.75) is 12.3 Å². The van der Waals surface area contributed by atoms with Crippen molar-refractivity contribution < 1.29 is 14.3 Å². The van der Waals surface area contributed by atoms with Gasteiger partial charge in [0, 0.05) is 10.4 Å². The van der Waals surface area contributed by atoms with E-state index in [1.54, 1.807) is 0 Å². The quantitative estimate of drug-likeness (QED) is 0.919. The van der Waals surface area contributed by atoms with Crippen LogP contribution in [0.4, 0.5) is 0 Å². The van der Waals surface area contributed by atoms with Gasteiger partial charge in [-0.3, -0.25) is 4.79 Å². The van der Waals surface area contributed by atoms with E-state index in [4.69, 9.17) is 9.52 Å². The number of carbonyl (C=O) groups is 1. The van der Waals surface area contributed by atoms with Gasteiger partial charge in [0.15, 0.2) is 11.5 Å². The van der Waals surface area contributed by atoms with Crippen molar-refractivity contribution in [2.75, 3.05) is 0 Å². The maximum absolute atomic E-state index is 10.7. The summed E-state index contributed by atoms with van der Waals surface area (Å²) in [4.78, 5) is 15.0. The molecule has 2 unspecified atom stereocenters. The minimum Gasteiger partial charge on any atom is -0.481 e. The van der Waals surface area contributed by atoms with Crippen LogP contribution in [-0.4, -0.2) is 16.1 Å². The summed E-state index contributed by atoms with van der Waals surface area (Å²) in [5.41, 5.74) is 1.47. The molecular weight excluding hydrogens is 274 g/mol. The number of hydrogen-bond acceptors (Lipinski definition) is 3. The monoisotopic (exact) mass is 281 g/mol. The van der Waals surface area contributed by atoms with Crippen LogP contribution in [0.5, 0.6) is 0 Å². The smallest absolute Gasteiger partial charge is 0.307 e. The molecule has 5 heteroatoms. The fourth-order valence-corrected chi connectivity index (χ4v) is 2.17. The molecule has 1 aromatic carbocycles. The molecule has 0 bridgehead atoms. The standard InChI is InChI=1S/C11H8BrNO3/c12-5-1-2-9-8(3-5)13-10(16-9)6-4-7(6)11(14)15/h1-3,6-7H,4H2,(H,14,15). The molecule has 0 radical (unpaired) electrons. The molecule has 0 amide bonds. The van der Waals surface area contributed by atoms with E-state index in [2.05, 4.69) is 20.9 Å². The summed E-state index contributed by atoms with van der Waals surface area (Å²) in [6.45, 7) is 0. The van der Waals surface area contributed by atoms with Gasteiger partial charge in [0.2, 0.25) is 0 Å². The summed E-state index contributed by atoms with van der Waals surface area (Å²) >= 11 is 3.35.